The van der Waals surface area contributed by atoms with Crippen LogP contribution in [-0.4, -0.2) is 25.6 Å². The van der Waals surface area contributed by atoms with Gasteiger partial charge in [-0.15, -0.1) is 0 Å². The van der Waals surface area contributed by atoms with E-state index in [4.69, 9.17) is 21.7 Å². The van der Waals surface area contributed by atoms with Crippen molar-refractivity contribution >= 4 is 39.0 Å². The first-order valence-electron chi connectivity index (χ1n) is 8.72. The Morgan fingerprint density at radius 2 is 1.96 bits per heavy atom. The van der Waals surface area contributed by atoms with Gasteiger partial charge in [-0.25, -0.2) is 14.5 Å². The SMILES string of the molecule is Clc1cccc2c(-c3ccnc(NC4CC4)n3)c(-c3cccc(Br)c3)nn12. The van der Waals surface area contributed by atoms with Crippen LogP contribution in [0.25, 0.3) is 28.0 Å². The molecule has 7 heteroatoms. The molecule has 1 aliphatic carbocycles. The molecule has 0 bridgehead atoms. The van der Waals surface area contributed by atoms with E-state index in [1.165, 1.54) is 12.8 Å². The van der Waals surface area contributed by atoms with Gasteiger partial charge in [0.1, 0.15) is 10.8 Å². The lowest BCUT2D eigenvalue weighted by Crippen LogP contribution is -2.05. The van der Waals surface area contributed by atoms with E-state index in [0.717, 1.165) is 32.5 Å². The fraction of sp³-hybridized carbons (Fsp3) is 0.150. The Hall–Kier alpha value is -2.44. The molecule has 4 aromatic rings. The molecule has 5 rings (SSSR count). The summed E-state index contributed by atoms with van der Waals surface area (Å²) in [5.41, 5.74) is 4.50. The first kappa shape index (κ1) is 16.7. The summed E-state index contributed by atoms with van der Waals surface area (Å²) >= 11 is 9.95. The quantitative estimate of drug-likeness (QED) is 0.429. The van der Waals surface area contributed by atoms with Crippen LogP contribution in [-0.2, 0) is 0 Å². The number of pyridine rings is 1. The number of nitrogens with one attached hydrogen (secondary N) is 1. The Bertz CT molecular complexity index is 1150. The fourth-order valence-corrected chi connectivity index (χ4v) is 3.71. The lowest BCUT2D eigenvalue weighted by molar-refractivity contribution is 0.966. The van der Waals surface area contributed by atoms with Gasteiger partial charge in [-0.3, -0.25) is 0 Å². The first-order chi connectivity index (χ1) is 13.2. The van der Waals surface area contributed by atoms with Gasteiger partial charge >= 0.3 is 0 Å². The van der Waals surface area contributed by atoms with Crippen LogP contribution in [0.1, 0.15) is 12.8 Å². The Balaban J connectivity index is 1.74. The topological polar surface area (TPSA) is 55.1 Å². The third-order valence-electron chi connectivity index (χ3n) is 4.53. The molecule has 0 radical (unpaired) electrons. The molecule has 1 saturated carbocycles. The molecule has 1 aromatic carbocycles. The van der Waals surface area contributed by atoms with E-state index in [-0.39, 0.29) is 0 Å². The zero-order valence-corrected chi connectivity index (χ0v) is 16.6. The number of rotatable bonds is 4. The van der Waals surface area contributed by atoms with Crippen molar-refractivity contribution in [3.05, 3.63) is 64.4 Å². The summed E-state index contributed by atoms with van der Waals surface area (Å²) < 4.78 is 2.75. The highest BCUT2D eigenvalue weighted by Gasteiger charge is 2.23. The Labute approximate surface area is 169 Å². The summed E-state index contributed by atoms with van der Waals surface area (Å²) in [5.74, 6) is 0.650. The molecule has 0 unspecified atom stereocenters. The average Bonchev–Trinajstić information content (AvgIpc) is 3.38. The molecule has 1 aliphatic rings. The van der Waals surface area contributed by atoms with E-state index >= 15 is 0 Å². The minimum Gasteiger partial charge on any atom is -0.351 e. The van der Waals surface area contributed by atoms with E-state index in [0.29, 0.717) is 17.1 Å². The van der Waals surface area contributed by atoms with Crippen LogP contribution in [0.4, 0.5) is 5.95 Å². The van der Waals surface area contributed by atoms with E-state index in [2.05, 4.69) is 26.2 Å². The molecule has 0 amide bonds. The van der Waals surface area contributed by atoms with E-state index < -0.39 is 0 Å². The average molecular weight is 441 g/mol. The Morgan fingerprint density at radius 3 is 2.78 bits per heavy atom. The summed E-state index contributed by atoms with van der Waals surface area (Å²) in [5, 5.41) is 8.70. The molecule has 0 spiro atoms. The number of halogens is 2. The van der Waals surface area contributed by atoms with Gasteiger partial charge in [-0.1, -0.05) is 45.7 Å². The van der Waals surface area contributed by atoms with Crippen molar-refractivity contribution in [2.24, 2.45) is 0 Å². The maximum absolute atomic E-state index is 6.40. The van der Waals surface area contributed by atoms with E-state index in [9.17, 15) is 0 Å². The van der Waals surface area contributed by atoms with Gasteiger partial charge in [0, 0.05) is 22.3 Å². The monoisotopic (exact) mass is 439 g/mol. The minimum atomic E-state index is 0.489. The third-order valence-corrected chi connectivity index (χ3v) is 5.31. The second-order valence-electron chi connectivity index (χ2n) is 6.56. The molecule has 3 aromatic heterocycles. The number of aromatic nitrogens is 4. The number of hydrogen-bond acceptors (Lipinski definition) is 4. The fourth-order valence-electron chi connectivity index (χ4n) is 3.11. The standard InChI is InChI=1S/C20H15BrClN5/c21-13-4-1-3-12(11-13)19-18(16-5-2-6-17(22)27(16)26-19)15-9-10-23-20(25-15)24-14-7-8-14/h1-6,9-11,14H,7-8H2,(H,23,24,25). The van der Waals surface area contributed by atoms with Gasteiger partial charge in [0.15, 0.2) is 0 Å². The van der Waals surface area contributed by atoms with Gasteiger partial charge in [0.25, 0.3) is 0 Å². The van der Waals surface area contributed by atoms with Crippen molar-refractivity contribution in [1.29, 1.82) is 0 Å². The zero-order valence-electron chi connectivity index (χ0n) is 14.2. The summed E-state index contributed by atoms with van der Waals surface area (Å²) in [6.07, 6.45) is 4.12. The van der Waals surface area contributed by atoms with Crippen molar-refractivity contribution in [2.45, 2.75) is 18.9 Å². The van der Waals surface area contributed by atoms with Crippen LogP contribution in [0, 0.1) is 0 Å². The van der Waals surface area contributed by atoms with Gasteiger partial charge in [0.05, 0.1) is 16.8 Å². The van der Waals surface area contributed by atoms with Gasteiger partial charge in [0.2, 0.25) is 5.95 Å². The molecular weight excluding hydrogens is 426 g/mol. The molecule has 27 heavy (non-hydrogen) atoms. The molecule has 1 fully saturated rings. The molecular formula is C20H15BrClN5. The molecule has 0 aliphatic heterocycles. The van der Waals surface area contributed by atoms with Crippen LogP contribution >= 0.6 is 27.5 Å². The van der Waals surface area contributed by atoms with Gasteiger partial charge in [-0.05, 0) is 43.2 Å². The lowest BCUT2D eigenvalue weighted by Gasteiger charge is -2.07. The Morgan fingerprint density at radius 1 is 1.11 bits per heavy atom. The molecule has 1 N–H and O–H groups in total. The van der Waals surface area contributed by atoms with Crippen LogP contribution in [0.2, 0.25) is 5.15 Å². The number of benzene rings is 1. The van der Waals surface area contributed by atoms with Crippen molar-refractivity contribution in [1.82, 2.24) is 19.6 Å². The number of nitrogens with zero attached hydrogens (tertiary/aromatic N) is 4. The minimum absolute atomic E-state index is 0.489. The van der Waals surface area contributed by atoms with Crippen molar-refractivity contribution in [3.63, 3.8) is 0 Å². The van der Waals surface area contributed by atoms with Gasteiger partial charge < -0.3 is 5.32 Å². The summed E-state index contributed by atoms with van der Waals surface area (Å²) in [6.45, 7) is 0. The molecule has 0 saturated heterocycles. The maximum Gasteiger partial charge on any atom is 0.223 e. The second kappa shape index (κ2) is 6.62. The van der Waals surface area contributed by atoms with Crippen LogP contribution in [0.3, 0.4) is 0 Å². The molecule has 3 heterocycles. The predicted octanol–water partition coefficient (Wildman–Crippen LogP) is 5.45. The highest BCUT2D eigenvalue weighted by molar-refractivity contribution is 9.10. The van der Waals surface area contributed by atoms with Crippen molar-refractivity contribution in [2.75, 3.05) is 5.32 Å². The van der Waals surface area contributed by atoms with Crippen molar-refractivity contribution in [3.8, 4) is 22.5 Å². The molecule has 0 atom stereocenters. The van der Waals surface area contributed by atoms with Gasteiger partial charge in [-0.2, -0.15) is 5.10 Å². The first-order valence-corrected chi connectivity index (χ1v) is 9.89. The lowest BCUT2D eigenvalue weighted by atomic mass is 10.0. The highest BCUT2D eigenvalue weighted by Crippen LogP contribution is 2.36. The normalized spacial score (nSPS) is 13.9. The third kappa shape index (κ3) is 3.19. The largest absolute Gasteiger partial charge is 0.351 e. The van der Waals surface area contributed by atoms with E-state index in [1.54, 1.807) is 10.7 Å². The number of hydrogen-bond donors (Lipinski definition) is 1. The predicted molar refractivity (Wildman–Crippen MR) is 111 cm³/mol. The van der Waals surface area contributed by atoms with Crippen molar-refractivity contribution < 1.29 is 0 Å². The summed E-state index contributed by atoms with van der Waals surface area (Å²) in [4.78, 5) is 9.11. The summed E-state index contributed by atoms with van der Waals surface area (Å²) in [7, 11) is 0. The number of anilines is 1. The van der Waals surface area contributed by atoms with Crippen LogP contribution in [0.5, 0.6) is 0 Å². The van der Waals surface area contributed by atoms with Crippen LogP contribution < -0.4 is 5.32 Å². The smallest absolute Gasteiger partial charge is 0.223 e. The molecule has 134 valence electrons. The highest BCUT2D eigenvalue weighted by atomic mass is 79.9. The second-order valence-corrected chi connectivity index (χ2v) is 7.87. The van der Waals surface area contributed by atoms with Crippen LogP contribution in [0.15, 0.2) is 59.2 Å². The van der Waals surface area contributed by atoms with E-state index in [1.807, 2.05) is 48.5 Å². The number of fused-ring (bicyclic) bond motifs is 1. The Kier molecular flexibility index (Phi) is 4.10. The molecule has 5 nitrogen and oxygen atoms in total. The summed E-state index contributed by atoms with van der Waals surface area (Å²) in [6, 6.07) is 16.2. The maximum atomic E-state index is 6.40. The zero-order chi connectivity index (χ0) is 18.4.